The van der Waals surface area contributed by atoms with Gasteiger partial charge in [-0.05, 0) is 19.1 Å². The highest BCUT2D eigenvalue weighted by Crippen LogP contribution is 2.25. The summed E-state index contributed by atoms with van der Waals surface area (Å²) < 4.78 is 43.7. The number of hydrogen-bond acceptors (Lipinski definition) is 3. The number of rotatable bonds is 2. The van der Waals surface area contributed by atoms with Crippen molar-refractivity contribution < 1.29 is 27.5 Å². The largest absolute Gasteiger partial charge is 0.476 e. The van der Waals surface area contributed by atoms with E-state index in [0.717, 1.165) is 0 Å². The Morgan fingerprint density at radius 1 is 1.28 bits per heavy atom. The maximum Gasteiger partial charge on any atom is 0.358 e. The highest BCUT2D eigenvalue weighted by Gasteiger charge is 2.19. The van der Waals surface area contributed by atoms with Gasteiger partial charge in [-0.25, -0.2) is 22.9 Å². The molecule has 1 N–H and O–H groups in total. The highest BCUT2D eigenvalue weighted by molar-refractivity contribution is 5.87. The third kappa shape index (κ3) is 1.94. The molecule has 1 aromatic carbocycles. The Kier molecular flexibility index (Phi) is 2.82. The van der Waals surface area contributed by atoms with E-state index in [1.165, 1.54) is 6.92 Å². The monoisotopic (exact) mass is 257 g/mol. The molecule has 0 aliphatic carbocycles. The molecule has 0 spiro atoms. The number of carboxylic acid groups (broad SMARTS) is 1. The third-order valence-electron chi connectivity index (χ3n) is 2.23. The van der Waals surface area contributed by atoms with Gasteiger partial charge in [-0.15, -0.1) is 0 Å². The first-order valence-corrected chi connectivity index (χ1v) is 4.75. The number of aryl methyl sites for hydroxylation is 1. The molecule has 0 saturated carbocycles. The molecule has 0 saturated heterocycles. The molecule has 2 aromatic rings. The third-order valence-corrected chi connectivity index (χ3v) is 2.23. The molecule has 1 aromatic heterocycles. The lowest BCUT2D eigenvalue weighted by Gasteiger charge is -1.98. The molecule has 0 fully saturated rings. The minimum atomic E-state index is -1.61. The van der Waals surface area contributed by atoms with Crippen LogP contribution in [0.2, 0.25) is 0 Å². The average molecular weight is 257 g/mol. The van der Waals surface area contributed by atoms with Crippen LogP contribution in [0.15, 0.2) is 16.5 Å². The highest BCUT2D eigenvalue weighted by atomic mass is 19.2. The van der Waals surface area contributed by atoms with Gasteiger partial charge in [0.2, 0.25) is 5.89 Å². The topological polar surface area (TPSA) is 63.3 Å². The summed E-state index contributed by atoms with van der Waals surface area (Å²) in [5.41, 5.74) is -0.544. The Bertz CT molecular complexity index is 613. The van der Waals surface area contributed by atoms with Gasteiger partial charge in [0, 0.05) is 5.56 Å². The molecule has 2 rings (SSSR count). The standard InChI is InChI=1S/C11H6F3NO3/c1-4-9(11(16)17)15-10(18-4)5-2-6(12)8(14)7(13)3-5/h2-3H,1H3,(H,16,17). The van der Waals surface area contributed by atoms with Crippen molar-refractivity contribution in [2.75, 3.05) is 0 Å². The number of oxazole rings is 1. The van der Waals surface area contributed by atoms with E-state index in [0.29, 0.717) is 12.1 Å². The van der Waals surface area contributed by atoms with Crippen LogP contribution < -0.4 is 0 Å². The summed E-state index contributed by atoms with van der Waals surface area (Å²) in [4.78, 5) is 14.3. The smallest absolute Gasteiger partial charge is 0.358 e. The summed E-state index contributed by atoms with van der Waals surface area (Å²) in [6.45, 7) is 1.34. The van der Waals surface area contributed by atoms with Gasteiger partial charge in [0.25, 0.3) is 0 Å². The summed E-state index contributed by atoms with van der Waals surface area (Å²) >= 11 is 0. The maximum absolute atomic E-state index is 13.0. The molecule has 0 aliphatic rings. The molecule has 4 nitrogen and oxygen atoms in total. The van der Waals surface area contributed by atoms with E-state index in [9.17, 15) is 18.0 Å². The van der Waals surface area contributed by atoms with Crippen LogP contribution in [0.4, 0.5) is 13.2 Å². The van der Waals surface area contributed by atoms with Crippen LogP contribution in [0, 0.1) is 24.4 Å². The fourth-order valence-electron chi connectivity index (χ4n) is 1.40. The van der Waals surface area contributed by atoms with Gasteiger partial charge >= 0.3 is 5.97 Å². The van der Waals surface area contributed by atoms with Crippen LogP contribution in [0.1, 0.15) is 16.2 Å². The van der Waals surface area contributed by atoms with E-state index in [4.69, 9.17) is 9.52 Å². The second kappa shape index (κ2) is 4.17. The maximum atomic E-state index is 13.0. The van der Waals surface area contributed by atoms with E-state index in [2.05, 4.69) is 4.98 Å². The normalized spacial score (nSPS) is 10.7. The van der Waals surface area contributed by atoms with Crippen molar-refractivity contribution in [3.05, 3.63) is 41.0 Å². The van der Waals surface area contributed by atoms with E-state index >= 15 is 0 Å². The van der Waals surface area contributed by atoms with Gasteiger partial charge < -0.3 is 9.52 Å². The molecule has 0 unspecified atom stereocenters. The van der Waals surface area contributed by atoms with Crippen molar-refractivity contribution in [2.24, 2.45) is 0 Å². The molecular weight excluding hydrogens is 251 g/mol. The lowest BCUT2D eigenvalue weighted by atomic mass is 10.2. The van der Waals surface area contributed by atoms with E-state index in [1.54, 1.807) is 0 Å². The van der Waals surface area contributed by atoms with Crippen molar-refractivity contribution >= 4 is 5.97 Å². The molecule has 1 heterocycles. The first-order chi connectivity index (χ1) is 8.40. The summed E-state index contributed by atoms with van der Waals surface area (Å²) in [6, 6.07) is 1.35. The zero-order valence-electron chi connectivity index (χ0n) is 9.00. The van der Waals surface area contributed by atoms with E-state index in [1.807, 2.05) is 0 Å². The molecule has 0 amide bonds. The van der Waals surface area contributed by atoms with Gasteiger partial charge in [-0.3, -0.25) is 0 Å². The summed E-state index contributed by atoms with van der Waals surface area (Å²) in [5.74, 6) is -6.05. The molecule has 7 heteroatoms. The minimum Gasteiger partial charge on any atom is -0.476 e. The minimum absolute atomic E-state index is 0.0114. The van der Waals surface area contributed by atoms with Crippen LogP contribution in [0.25, 0.3) is 11.5 Å². The lowest BCUT2D eigenvalue weighted by Crippen LogP contribution is -1.98. The quantitative estimate of drug-likeness (QED) is 0.840. The zero-order chi connectivity index (χ0) is 13.4. The molecule has 0 aliphatic heterocycles. The van der Waals surface area contributed by atoms with Gasteiger partial charge in [0.05, 0.1) is 0 Å². The first kappa shape index (κ1) is 12.2. The molecular formula is C11H6F3NO3. The van der Waals surface area contributed by atoms with Crippen molar-refractivity contribution in [3.8, 4) is 11.5 Å². The Hall–Kier alpha value is -2.31. The molecule has 18 heavy (non-hydrogen) atoms. The average Bonchev–Trinajstić information content (AvgIpc) is 2.67. The number of aromatic nitrogens is 1. The van der Waals surface area contributed by atoms with Gasteiger partial charge in [-0.2, -0.15) is 0 Å². The number of benzene rings is 1. The van der Waals surface area contributed by atoms with Gasteiger partial charge in [-0.1, -0.05) is 0 Å². The Morgan fingerprint density at radius 2 is 1.83 bits per heavy atom. The second-order valence-electron chi connectivity index (χ2n) is 3.48. The Balaban J connectivity index is 2.56. The van der Waals surface area contributed by atoms with Gasteiger partial charge in [0.15, 0.2) is 23.1 Å². The van der Waals surface area contributed by atoms with Crippen LogP contribution in [-0.2, 0) is 0 Å². The van der Waals surface area contributed by atoms with E-state index < -0.39 is 23.4 Å². The number of carbonyl (C=O) groups is 1. The summed E-state index contributed by atoms with van der Waals surface area (Å²) in [5, 5.41) is 8.75. The number of aromatic carboxylic acids is 1. The van der Waals surface area contributed by atoms with Crippen molar-refractivity contribution in [1.29, 1.82) is 0 Å². The Morgan fingerprint density at radius 3 is 2.28 bits per heavy atom. The van der Waals surface area contributed by atoms with E-state index in [-0.39, 0.29) is 22.9 Å². The number of hydrogen-bond donors (Lipinski definition) is 1. The van der Waals surface area contributed by atoms with Crippen LogP contribution in [0.3, 0.4) is 0 Å². The van der Waals surface area contributed by atoms with Crippen LogP contribution in [0.5, 0.6) is 0 Å². The SMILES string of the molecule is Cc1oc(-c2cc(F)c(F)c(F)c2)nc1C(=O)O. The lowest BCUT2D eigenvalue weighted by molar-refractivity contribution is 0.0689. The predicted molar refractivity (Wildman–Crippen MR) is 53.5 cm³/mol. The first-order valence-electron chi connectivity index (χ1n) is 4.75. The summed E-state index contributed by atoms with van der Waals surface area (Å²) in [6.07, 6.45) is 0. The second-order valence-corrected chi connectivity index (χ2v) is 3.48. The zero-order valence-corrected chi connectivity index (χ0v) is 9.00. The van der Waals surface area contributed by atoms with Crippen molar-refractivity contribution in [2.45, 2.75) is 6.92 Å². The molecule has 0 atom stereocenters. The molecule has 94 valence electrons. The number of halogens is 3. The molecule has 0 bridgehead atoms. The number of nitrogens with zero attached hydrogens (tertiary/aromatic N) is 1. The molecule has 0 radical (unpaired) electrons. The predicted octanol–water partition coefficient (Wildman–Crippen LogP) is 2.77. The van der Waals surface area contributed by atoms with Crippen molar-refractivity contribution in [3.63, 3.8) is 0 Å². The fourth-order valence-corrected chi connectivity index (χ4v) is 1.40. The summed E-state index contributed by atoms with van der Waals surface area (Å²) in [7, 11) is 0. The Labute approximate surface area is 98.7 Å². The number of carboxylic acids is 1. The van der Waals surface area contributed by atoms with Crippen LogP contribution >= 0.6 is 0 Å². The van der Waals surface area contributed by atoms with Crippen LogP contribution in [-0.4, -0.2) is 16.1 Å². The van der Waals surface area contributed by atoms with Gasteiger partial charge in [0.1, 0.15) is 5.76 Å². The van der Waals surface area contributed by atoms with Crippen molar-refractivity contribution in [1.82, 2.24) is 4.98 Å². The fraction of sp³-hybridized carbons (Fsp3) is 0.0909.